The van der Waals surface area contributed by atoms with Gasteiger partial charge in [-0.3, -0.25) is 0 Å². The van der Waals surface area contributed by atoms with Crippen LogP contribution in [0.1, 0.15) is 25.8 Å². The van der Waals surface area contributed by atoms with Gasteiger partial charge in [-0.1, -0.05) is 13.3 Å². The van der Waals surface area contributed by atoms with Crippen molar-refractivity contribution in [3.05, 3.63) is 40.4 Å². The highest BCUT2D eigenvalue weighted by Crippen LogP contribution is 2.29. The Morgan fingerprint density at radius 2 is 2.10 bits per heavy atom. The number of anilines is 1. The zero-order valence-electron chi connectivity index (χ0n) is 12.0. The number of nitrogens with one attached hydrogen (secondary N) is 1. The number of aromatic nitrogens is 2. The highest BCUT2D eigenvalue weighted by molar-refractivity contribution is 9.10. The lowest BCUT2D eigenvalue weighted by molar-refractivity contribution is 0.449. The van der Waals surface area contributed by atoms with Gasteiger partial charge in [-0.05, 0) is 41.4 Å². The lowest BCUT2D eigenvalue weighted by atomic mass is 10.1. The van der Waals surface area contributed by atoms with Crippen LogP contribution in [0.3, 0.4) is 0 Å². The number of halogens is 2. The van der Waals surface area contributed by atoms with Crippen LogP contribution in [-0.2, 0) is 6.42 Å². The van der Waals surface area contributed by atoms with E-state index >= 15 is 0 Å². The zero-order chi connectivity index (χ0) is 15.2. The van der Waals surface area contributed by atoms with Crippen molar-refractivity contribution in [1.82, 2.24) is 9.97 Å². The summed E-state index contributed by atoms with van der Waals surface area (Å²) >= 11 is 3.12. The van der Waals surface area contributed by atoms with E-state index in [0.29, 0.717) is 16.1 Å². The lowest BCUT2D eigenvalue weighted by Gasteiger charge is -2.13. The largest absolute Gasteiger partial charge is 0.438 e. The molecule has 2 rings (SSSR count). The summed E-state index contributed by atoms with van der Waals surface area (Å²) in [5.41, 5.74) is 0.908. The van der Waals surface area contributed by atoms with E-state index in [-0.39, 0.29) is 5.82 Å². The molecular weight excluding hydrogens is 337 g/mol. The van der Waals surface area contributed by atoms with Crippen molar-refractivity contribution >= 4 is 21.7 Å². The van der Waals surface area contributed by atoms with Crippen molar-refractivity contribution in [2.75, 3.05) is 11.9 Å². The van der Waals surface area contributed by atoms with Gasteiger partial charge in [0.25, 0.3) is 0 Å². The Bertz CT molecular complexity index is 622. The summed E-state index contributed by atoms with van der Waals surface area (Å²) in [6.07, 6.45) is 3.18. The van der Waals surface area contributed by atoms with Gasteiger partial charge in [0.15, 0.2) is 0 Å². The van der Waals surface area contributed by atoms with Gasteiger partial charge in [-0.15, -0.1) is 0 Å². The van der Waals surface area contributed by atoms with E-state index in [2.05, 4.69) is 38.1 Å². The fourth-order valence-corrected chi connectivity index (χ4v) is 2.18. The summed E-state index contributed by atoms with van der Waals surface area (Å²) in [7, 11) is 0. The maximum Gasteiger partial charge on any atom is 0.227 e. The first-order valence-electron chi connectivity index (χ1n) is 6.86. The third-order valence-electron chi connectivity index (χ3n) is 2.86. The monoisotopic (exact) mass is 353 g/mol. The van der Waals surface area contributed by atoms with Crippen molar-refractivity contribution < 1.29 is 9.13 Å². The fourth-order valence-electron chi connectivity index (χ4n) is 1.93. The molecular formula is C15H17BrFN3O. The van der Waals surface area contributed by atoms with Crippen LogP contribution in [0, 0.1) is 5.82 Å². The smallest absolute Gasteiger partial charge is 0.227 e. The van der Waals surface area contributed by atoms with Crippen molar-refractivity contribution in [3.63, 3.8) is 0 Å². The molecule has 1 heterocycles. The van der Waals surface area contributed by atoms with Crippen LogP contribution in [0.25, 0.3) is 0 Å². The van der Waals surface area contributed by atoms with E-state index in [4.69, 9.17) is 4.74 Å². The van der Waals surface area contributed by atoms with Crippen LogP contribution in [0.5, 0.6) is 11.6 Å². The molecule has 0 saturated carbocycles. The van der Waals surface area contributed by atoms with Crippen LogP contribution in [-0.4, -0.2) is 16.5 Å². The number of ether oxygens (including phenoxy) is 1. The molecule has 0 aliphatic rings. The molecule has 0 aliphatic carbocycles. The number of rotatable bonds is 6. The SMILES string of the molecule is CCCc1c(NCC)ncnc1Oc1ccc(Br)c(F)c1. The first-order valence-corrected chi connectivity index (χ1v) is 7.65. The normalized spacial score (nSPS) is 10.5. The molecule has 21 heavy (non-hydrogen) atoms. The van der Waals surface area contributed by atoms with Gasteiger partial charge in [0.05, 0.1) is 10.0 Å². The Hall–Kier alpha value is -1.69. The Morgan fingerprint density at radius 1 is 1.29 bits per heavy atom. The fraction of sp³-hybridized carbons (Fsp3) is 0.333. The number of benzene rings is 1. The maximum atomic E-state index is 13.6. The Balaban J connectivity index is 2.33. The molecule has 4 nitrogen and oxygen atoms in total. The molecule has 112 valence electrons. The first kappa shape index (κ1) is 15.7. The Morgan fingerprint density at radius 3 is 2.76 bits per heavy atom. The topological polar surface area (TPSA) is 47.0 Å². The van der Waals surface area contributed by atoms with Crippen LogP contribution in [0.15, 0.2) is 29.0 Å². The second-order valence-electron chi connectivity index (χ2n) is 4.46. The molecule has 0 fully saturated rings. The van der Waals surface area contributed by atoms with Gasteiger partial charge in [-0.25, -0.2) is 14.4 Å². The highest BCUT2D eigenvalue weighted by atomic mass is 79.9. The van der Waals surface area contributed by atoms with Gasteiger partial charge >= 0.3 is 0 Å². The van der Waals surface area contributed by atoms with E-state index in [9.17, 15) is 4.39 Å². The number of hydrogen-bond acceptors (Lipinski definition) is 4. The van der Waals surface area contributed by atoms with Crippen molar-refractivity contribution in [2.45, 2.75) is 26.7 Å². The summed E-state index contributed by atoms with van der Waals surface area (Å²) in [4.78, 5) is 8.42. The van der Waals surface area contributed by atoms with Gasteiger partial charge < -0.3 is 10.1 Å². The molecule has 0 saturated heterocycles. The molecule has 0 atom stereocenters. The minimum atomic E-state index is -0.370. The predicted molar refractivity (Wildman–Crippen MR) is 84.4 cm³/mol. The average molecular weight is 354 g/mol. The maximum absolute atomic E-state index is 13.6. The molecule has 1 N–H and O–H groups in total. The molecule has 1 aromatic heterocycles. The van der Waals surface area contributed by atoms with Crippen molar-refractivity contribution in [1.29, 1.82) is 0 Å². The molecule has 6 heteroatoms. The minimum absolute atomic E-state index is 0.370. The number of nitrogens with zero attached hydrogens (tertiary/aromatic N) is 2. The van der Waals surface area contributed by atoms with E-state index in [1.807, 2.05) is 6.92 Å². The highest BCUT2D eigenvalue weighted by Gasteiger charge is 2.13. The molecule has 0 aliphatic heterocycles. The summed E-state index contributed by atoms with van der Waals surface area (Å²) in [6, 6.07) is 4.63. The van der Waals surface area contributed by atoms with Gasteiger partial charge in [0, 0.05) is 12.6 Å². The molecule has 0 amide bonds. The van der Waals surface area contributed by atoms with Crippen LogP contribution in [0.2, 0.25) is 0 Å². The van der Waals surface area contributed by atoms with Gasteiger partial charge in [0.1, 0.15) is 23.7 Å². The minimum Gasteiger partial charge on any atom is -0.438 e. The molecule has 0 unspecified atom stereocenters. The number of hydrogen-bond donors (Lipinski definition) is 1. The second-order valence-corrected chi connectivity index (χ2v) is 5.32. The Labute approximate surface area is 131 Å². The van der Waals surface area contributed by atoms with E-state index in [0.717, 1.165) is 30.8 Å². The van der Waals surface area contributed by atoms with Crippen LogP contribution in [0.4, 0.5) is 10.2 Å². The molecule has 2 aromatic rings. The standard InChI is InChI=1S/C15H17BrFN3O/c1-3-5-11-14(18-4-2)19-9-20-15(11)21-10-6-7-12(16)13(17)8-10/h6-9H,3-5H2,1-2H3,(H,18,19,20). The van der Waals surface area contributed by atoms with Crippen LogP contribution >= 0.6 is 15.9 Å². The third-order valence-corrected chi connectivity index (χ3v) is 3.50. The lowest BCUT2D eigenvalue weighted by Crippen LogP contribution is -2.06. The first-order chi connectivity index (χ1) is 10.2. The summed E-state index contributed by atoms with van der Waals surface area (Å²) in [6.45, 7) is 4.84. The summed E-state index contributed by atoms with van der Waals surface area (Å²) in [5, 5.41) is 3.19. The Kier molecular flexibility index (Phi) is 5.50. The molecule has 0 spiro atoms. The van der Waals surface area contributed by atoms with Crippen LogP contribution < -0.4 is 10.1 Å². The summed E-state index contributed by atoms with van der Waals surface area (Å²) in [5.74, 6) is 1.27. The molecule has 0 bridgehead atoms. The molecule has 0 radical (unpaired) electrons. The van der Waals surface area contributed by atoms with Gasteiger partial charge in [0.2, 0.25) is 5.88 Å². The second kappa shape index (κ2) is 7.36. The van der Waals surface area contributed by atoms with E-state index in [1.165, 1.54) is 12.4 Å². The average Bonchev–Trinajstić information content (AvgIpc) is 2.46. The van der Waals surface area contributed by atoms with E-state index < -0.39 is 0 Å². The third kappa shape index (κ3) is 3.91. The summed E-state index contributed by atoms with van der Waals surface area (Å²) < 4.78 is 19.7. The quantitative estimate of drug-likeness (QED) is 0.827. The van der Waals surface area contributed by atoms with Crippen molar-refractivity contribution in [2.24, 2.45) is 0 Å². The molecule has 1 aromatic carbocycles. The zero-order valence-corrected chi connectivity index (χ0v) is 13.6. The predicted octanol–water partition coefficient (Wildman–Crippen LogP) is 4.55. The van der Waals surface area contributed by atoms with Gasteiger partial charge in [-0.2, -0.15) is 0 Å². The van der Waals surface area contributed by atoms with E-state index in [1.54, 1.807) is 12.1 Å². The van der Waals surface area contributed by atoms with Crippen molar-refractivity contribution in [3.8, 4) is 11.6 Å².